The summed E-state index contributed by atoms with van der Waals surface area (Å²) in [4.78, 5) is 29.3. The Labute approximate surface area is 211 Å². The third kappa shape index (κ3) is 4.48. The highest BCUT2D eigenvalue weighted by molar-refractivity contribution is 5.98. The van der Waals surface area contributed by atoms with E-state index in [-0.39, 0.29) is 5.91 Å². The summed E-state index contributed by atoms with van der Waals surface area (Å²) in [5.41, 5.74) is 4.03. The zero-order valence-electron chi connectivity index (χ0n) is 21.0. The first-order chi connectivity index (χ1) is 17.7. The van der Waals surface area contributed by atoms with Crippen molar-refractivity contribution < 1.29 is 9.53 Å². The number of nitrogens with one attached hydrogen (secondary N) is 2. The summed E-state index contributed by atoms with van der Waals surface area (Å²) < 4.78 is 5.34. The van der Waals surface area contributed by atoms with Crippen LogP contribution in [-0.4, -0.2) is 70.0 Å². The van der Waals surface area contributed by atoms with Gasteiger partial charge in [-0.05, 0) is 93.4 Å². The third-order valence-corrected chi connectivity index (χ3v) is 8.24. The predicted molar refractivity (Wildman–Crippen MR) is 143 cm³/mol. The average Bonchev–Trinajstić information content (AvgIpc) is 3.56. The predicted octanol–water partition coefficient (Wildman–Crippen LogP) is 5.32. The lowest BCUT2D eigenvalue weighted by molar-refractivity contribution is 0.0573. The van der Waals surface area contributed by atoms with Gasteiger partial charge in [0.2, 0.25) is 0 Å². The molecule has 1 aromatic carbocycles. The van der Waals surface area contributed by atoms with Crippen molar-refractivity contribution in [2.75, 3.05) is 33.3 Å². The van der Waals surface area contributed by atoms with Crippen LogP contribution in [0.5, 0.6) is 5.75 Å². The van der Waals surface area contributed by atoms with Crippen molar-refractivity contribution in [3.8, 4) is 5.75 Å². The minimum absolute atomic E-state index is 0.126. The maximum atomic E-state index is 13.5. The van der Waals surface area contributed by atoms with Crippen LogP contribution < -0.4 is 4.74 Å². The SMILES string of the molecule is COc1ccc2cc(C(=O)N3CCCC[C@H]3CCN3CCC(c4c[nH]c5ncccc45)CC3)[nH]c2c1. The van der Waals surface area contributed by atoms with Gasteiger partial charge in [0.25, 0.3) is 5.91 Å². The molecule has 0 unspecified atom stereocenters. The van der Waals surface area contributed by atoms with Crippen molar-refractivity contribution in [3.05, 3.63) is 60.0 Å². The lowest BCUT2D eigenvalue weighted by Crippen LogP contribution is -2.46. The molecule has 6 rings (SSSR count). The van der Waals surface area contributed by atoms with Crippen molar-refractivity contribution in [3.63, 3.8) is 0 Å². The second-order valence-electron chi connectivity index (χ2n) is 10.3. The number of hydrogen-bond donors (Lipinski definition) is 2. The molecule has 0 bridgehead atoms. The Morgan fingerprint density at radius 2 is 2.00 bits per heavy atom. The van der Waals surface area contributed by atoms with Gasteiger partial charge in [0.05, 0.1) is 7.11 Å². The van der Waals surface area contributed by atoms with Gasteiger partial charge < -0.3 is 24.5 Å². The average molecular weight is 486 g/mol. The lowest BCUT2D eigenvalue weighted by atomic mass is 9.89. The summed E-state index contributed by atoms with van der Waals surface area (Å²) in [5.74, 6) is 1.51. The molecule has 3 aromatic heterocycles. The number of methoxy groups -OCH3 is 1. The Bertz CT molecular complexity index is 1350. The second kappa shape index (κ2) is 9.97. The first-order valence-electron chi connectivity index (χ1n) is 13.3. The molecule has 2 fully saturated rings. The third-order valence-electron chi connectivity index (χ3n) is 8.24. The summed E-state index contributed by atoms with van der Waals surface area (Å²) in [6.07, 6.45) is 10.8. The van der Waals surface area contributed by atoms with Crippen LogP contribution in [0.2, 0.25) is 0 Å². The summed E-state index contributed by atoms with van der Waals surface area (Å²) >= 11 is 0. The monoisotopic (exact) mass is 485 g/mol. The minimum atomic E-state index is 0.126. The Balaban J connectivity index is 1.07. The van der Waals surface area contributed by atoms with E-state index in [1.54, 1.807) is 7.11 Å². The molecule has 4 aromatic rings. The van der Waals surface area contributed by atoms with Gasteiger partial charge in [-0.25, -0.2) is 4.98 Å². The number of aromatic amines is 2. The molecule has 7 nitrogen and oxygen atoms in total. The number of carbonyl (C=O) groups is 1. The molecule has 0 saturated carbocycles. The first kappa shape index (κ1) is 23.1. The molecule has 36 heavy (non-hydrogen) atoms. The quantitative estimate of drug-likeness (QED) is 0.388. The number of H-pyrrole nitrogens is 2. The standard InChI is InChI=1S/C29H35N5O2/c1-36-23-8-7-21-17-27(32-26(21)18-23)29(35)34-13-3-2-5-22(34)11-16-33-14-9-20(10-15-33)25-19-31-28-24(25)6-4-12-30-28/h4,6-8,12,17-20,22,32H,2-3,5,9-11,13-16H2,1H3,(H,30,31)/t22-/m0/s1. The zero-order valence-corrected chi connectivity index (χ0v) is 21.0. The van der Waals surface area contributed by atoms with Gasteiger partial charge in [-0.15, -0.1) is 0 Å². The number of likely N-dealkylation sites (tertiary alicyclic amines) is 2. The zero-order chi connectivity index (χ0) is 24.5. The number of fused-ring (bicyclic) bond motifs is 2. The van der Waals surface area contributed by atoms with E-state index in [9.17, 15) is 4.79 Å². The molecule has 2 aliphatic heterocycles. The Morgan fingerprint density at radius 1 is 1.11 bits per heavy atom. The fourth-order valence-electron chi connectivity index (χ4n) is 6.19. The molecular weight excluding hydrogens is 450 g/mol. The van der Waals surface area contributed by atoms with E-state index < -0.39 is 0 Å². The van der Waals surface area contributed by atoms with Crippen molar-refractivity contribution in [2.45, 2.75) is 50.5 Å². The number of pyridine rings is 1. The van der Waals surface area contributed by atoms with Crippen LogP contribution in [0.25, 0.3) is 21.9 Å². The molecule has 188 valence electrons. The number of hydrogen-bond acceptors (Lipinski definition) is 4. The molecule has 1 atom stereocenters. The number of nitrogens with zero attached hydrogens (tertiary/aromatic N) is 3. The van der Waals surface area contributed by atoms with E-state index in [1.807, 2.05) is 36.5 Å². The summed E-state index contributed by atoms with van der Waals surface area (Å²) in [5, 5.41) is 2.31. The van der Waals surface area contributed by atoms with Crippen LogP contribution in [0, 0.1) is 0 Å². The van der Waals surface area contributed by atoms with Crippen LogP contribution in [0.3, 0.4) is 0 Å². The molecule has 7 heteroatoms. The molecule has 2 N–H and O–H groups in total. The van der Waals surface area contributed by atoms with Gasteiger partial charge in [-0.2, -0.15) is 0 Å². The van der Waals surface area contributed by atoms with Gasteiger partial charge in [0.15, 0.2) is 0 Å². The largest absolute Gasteiger partial charge is 0.497 e. The lowest BCUT2D eigenvalue weighted by Gasteiger charge is -2.38. The maximum absolute atomic E-state index is 13.5. The van der Waals surface area contributed by atoms with Crippen molar-refractivity contribution >= 4 is 27.8 Å². The number of rotatable bonds is 6. The normalized spacial score (nSPS) is 19.8. The number of carbonyl (C=O) groups excluding carboxylic acids is 1. The molecule has 2 saturated heterocycles. The van der Waals surface area contributed by atoms with E-state index in [4.69, 9.17) is 4.74 Å². The first-order valence-corrected chi connectivity index (χ1v) is 13.3. The Hall–Kier alpha value is -3.32. The van der Waals surface area contributed by atoms with Crippen molar-refractivity contribution in [1.29, 1.82) is 0 Å². The minimum Gasteiger partial charge on any atom is -0.497 e. The fraction of sp³-hybridized carbons (Fsp3) is 0.448. The fourth-order valence-corrected chi connectivity index (χ4v) is 6.19. The highest BCUT2D eigenvalue weighted by atomic mass is 16.5. The van der Waals surface area contributed by atoms with Crippen molar-refractivity contribution in [1.82, 2.24) is 24.8 Å². The molecule has 0 spiro atoms. The van der Waals surface area contributed by atoms with Crippen LogP contribution in [0.1, 0.15) is 60.5 Å². The summed E-state index contributed by atoms with van der Waals surface area (Å²) in [6, 6.07) is 12.4. The second-order valence-corrected chi connectivity index (χ2v) is 10.3. The molecule has 2 aliphatic rings. The van der Waals surface area contributed by atoms with E-state index >= 15 is 0 Å². The molecule has 5 heterocycles. The smallest absolute Gasteiger partial charge is 0.270 e. The molecule has 0 radical (unpaired) electrons. The molecule has 1 amide bonds. The van der Waals surface area contributed by atoms with Gasteiger partial charge in [-0.3, -0.25) is 4.79 Å². The van der Waals surface area contributed by atoms with Crippen LogP contribution in [0.4, 0.5) is 0 Å². The number of benzene rings is 1. The number of amides is 1. The van der Waals surface area contributed by atoms with E-state index in [2.05, 4.69) is 37.0 Å². The molecular formula is C29H35N5O2. The Morgan fingerprint density at radius 3 is 2.86 bits per heavy atom. The molecule has 0 aliphatic carbocycles. The number of piperidine rings is 2. The van der Waals surface area contributed by atoms with Crippen LogP contribution in [-0.2, 0) is 0 Å². The number of ether oxygens (including phenoxy) is 1. The van der Waals surface area contributed by atoms with Gasteiger partial charge in [0.1, 0.15) is 17.1 Å². The van der Waals surface area contributed by atoms with E-state index in [1.165, 1.54) is 30.2 Å². The number of aromatic nitrogens is 3. The van der Waals surface area contributed by atoms with Crippen molar-refractivity contribution in [2.24, 2.45) is 0 Å². The van der Waals surface area contributed by atoms with Gasteiger partial charge in [-0.1, -0.05) is 0 Å². The van der Waals surface area contributed by atoms with Crippen LogP contribution in [0.15, 0.2) is 48.8 Å². The van der Waals surface area contributed by atoms with E-state index in [0.717, 1.165) is 67.7 Å². The topological polar surface area (TPSA) is 77.2 Å². The highest BCUT2D eigenvalue weighted by Gasteiger charge is 2.30. The Kier molecular flexibility index (Phi) is 6.40. The summed E-state index contributed by atoms with van der Waals surface area (Å²) in [7, 11) is 1.66. The maximum Gasteiger partial charge on any atom is 0.270 e. The highest BCUT2D eigenvalue weighted by Crippen LogP contribution is 2.33. The van der Waals surface area contributed by atoms with Gasteiger partial charge >= 0.3 is 0 Å². The van der Waals surface area contributed by atoms with E-state index in [0.29, 0.717) is 17.7 Å². The summed E-state index contributed by atoms with van der Waals surface area (Å²) in [6.45, 7) is 4.13. The van der Waals surface area contributed by atoms with Gasteiger partial charge in [0, 0.05) is 53.9 Å². The van der Waals surface area contributed by atoms with Crippen LogP contribution >= 0.6 is 0 Å².